The van der Waals surface area contributed by atoms with Crippen molar-refractivity contribution in [2.75, 3.05) is 13.2 Å². The van der Waals surface area contributed by atoms with Crippen LogP contribution in [-0.2, 0) is 19.2 Å². The molecule has 10 nitrogen and oxygen atoms in total. The monoisotopic (exact) mass is 773 g/mol. The largest absolute Gasteiger partial charge is 0.393 e. The maximum absolute atomic E-state index is 12.3. The quantitative estimate of drug-likeness (QED) is 0.0334. The van der Waals surface area contributed by atoms with E-state index in [0.717, 1.165) is 89.9 Å². The van der Waals surface area contributed by atoms with Gasteiger partial charge in [0.2, 0.25) is 0 Å². The second-order valence-electron chi connectivity index (χ2n) is 15.5. The highest BCUT2D eigenvalue weighted by Crippen LogP contribution is 2.22. The minimum atomic E-state index is -2.36. The van der Waals surface area contributed by atoms with Crippen LogP contribution in [0.5, 0.6) is 0 Å². The van der Waals surface area contributed by atoms with Gasteiger partial charge >= 0.3 is 0 Å². The maximum Gasteiger partial charge on any atom is 0.178 e. The molecule has 0 spiro atoms. The van der Waals surface area contributed by atoms with E-state index in [0.29, 0.717) is 25.7 Å². The average Bonchev–Trinajstić information content (AvgIpc) is 3.18. The van der Waals surface area contributed by atoms with Crippen molar-refractivity contribution in [1.82, 2.24) is 0 Å². The lowest BCUT2D eigenvalue weighted by Gasteiger charge is -2.29. The van der Waals surface area contributed by atoms with Crippen molar-refractivity contribution in [2.24, 2.45) is 0 Å². The first-order valence-electron chi connectivity index (χ1n) is 22.0. The lowest BCUT2D eigenvalue weighted by Crippen LogP contribution is -2.55. The molecule has 4 unspecified atom stereocenters. The van der Waals surface area contributed by atoms with Crippen LogP contribution in [0.15, 0.2) is 0 Å². The lowest BCUT2D eigenvalue weighted by atomic mass is 9.85. The van der Waals surface area contributed by atoms with Gasteiger partial charge < -0.3 is 30.6 Å². The normalized spacial score (nSPS) is 14.7. The van der Waals surface area contributed by atoms with Crippen LogP contribution in [-0.4, -0.2) is 90.4 Å². The number of unbranched alkanes of at least 4 members (excludes halogenated alkanes) is 22. The number of carbonyl (C=O) groups is 4. The van der Waals surface area contributed by atoms with Crippen molar-refractivity contribution < 1.29 is 49.8 Å². The minimum Gasteiger partial charge on any atom is -0.393 e. The number of aliphatic hydroxyl groups excluding tert-OH is 4. The highest BCUT2D eigenvalue weighted by molar-refractivity contribution is 5.96. The van der Waals surface area contributed by atoms with Gasteiger partial charge in [0.25, 0.3) is 0 Å². The molecule has 54 heavy (non-hydrogen) atoms. The van der Waals surface area contributed by atoms with Gasteiger partial charge in [-0.05, 0) is 25.7 Å². The van der Waals surface area contributed by atoms with Crippen molar-refractivity contribution in [3.63, 3.8) is 0 Å². The average molecular weight is 773 g/mol. The third kappa shape index (κ3) is 24.8. The third-order valence-electron chi connectivity index (χ3n) is 10.5. The van der Waals surface area contributed by atoms with E-state index in [1.165, 1.54) is 51.4 Å². The Morgan fingerprint density at radius 2 is 0.574 bits per heavy atom. The molecule has 0 rings (SSSR count). The molecule has 0 heterocycles. The summed E-state index contributed by atoms with van der Waals surface area (Å²) in [5, 5.41) is 60.0. The highest BCUT2D eigenvalue weighted by atomic mass is 16.4. The minimum absolute atomic E-state index is 0.0751. The Bertz CT molecular complexity index is 940. The second-order valence-corrected chi connectivity index (χ2v) is 15.5. The van der Waals surface area contributed by atoms with E-state index >= 15 is 0 Å². The molecular weight excluding hydrogens is 688 g/mol. The molecule has 0 bridgehead atoms. The summed E-state index contributed by atoms with van der Waals surface area (Å²) in [4.78, 5) is 48.8. The molecule has 0 radical (unpaired) electrons. The summed E-state index contributed by atoms with van der Waals surface area (Å²) in [6, 6.07) is 0. The molecule has 0 fully saturated rings. The number of rotatable bonds is 38. The van der Waals surface area contributed by atoms with E-state index in [1.54, 1.807) is 0 Å². The Balaban J connectivity index is 0. The Labute approximate surface area is 329 Å². The zero-order valence-corrected chi connectivity index (χ0v) is 35.1. The van der Waals surface area contributed by atoms with E-state index in [9.17, 15) is 49.8 Å². The summed E-state index contributed by atoms with van der Waals surface area (Å²) in [5.41, 5.74) is -4.72. The molecule has 0 aromatic heterocycles. The number of hydrogen-bond acceptors (Lipinski definition) is 10. The first-order valence-corrected chi connectivity index (χ1v) is 22.0. The molecule has 0 aliphatic carbocycles. The number of Topliss-reactive ketones (excluding diaryl/α,β-unsaturated/α-hetero) is 4. The molecule has 6 N–H and O–H groups in total. The van der Waals surface area contributed by atoms with Crippen molar-refractivity contribution in [1.29, 1.82) is 0 Å². The Hall–Kier alpha value is -1.56. The van der Waals surface area contributed by atoms with Crippen LogP contribution < -0.4 is 0 Å². The van der Waals surface area contributed by atoms with Gasteiger partial charge in [-0.25, -0.2) is 0 Å². The molecule has 0 aliphatic heterocycles. The van der Waals surface area contributed by atoms with Crippen LogP contribution in [0.4, 0.5) is 0 Å². The summed E-state index contributed by atoms with van der Waals surface area (Å²) in [7, 11) is 0. The van der Waals surface area contributed by atoms with Gasteiger partial charge in [0.15, 0.2) is 46.5 Å². The summed E-state index contributed by atoms with van der Waals surface area (Å²) in [5.74, 6) is -2.40. The van der Waals surface area contributed by atoms with Gasteiger partial charge in [0.1, 0.15) is 0 Å². The van der Waals surface area contributed by atoms with E-state index in [2.05, 4.69) is 27.7 Å². The number of ketones is 4. The lowest BCUT2D eigenvalue weighted by molar-refractivity contribution is -0.165. The van der Waals surface area contributed by atoms with Gasteiger partial charge in [-0.2, -0.15) is 0 Å². The van der Waals surface area contributed by atoms with Crippen molar-refractivity contribution >= 4 is 23.1 Å². The Kier molecular flexibility index (Phi) is 36.2. The second kappa shape index (κ2) is 35.8. The maximum atomic E-state index is 12.3. The van der Waals surface area contributed by atoms with Crippen LogP contribution >= 0.6 is 0 Å². The van der Waals surface area contributed by atoms with Gasteiger partial charge in [0.05, 0.1) is 13.2 Å². The predicted molar refractivity (Wildman–Crippen MR) is 217 cm³/mol. The summed E-state index contributed by atoms with van der Waals surface area (Å²) >= 11 is 0. The first-order chi connectivity index (χ1) is 25.9. The van der Waals surface area contributed by atoms with E-state index in [4.69, 9.17) is 0 Å². The molecule has 0 aromatic rings. The van der Waals surface area contributed by atoms with Crippen molar-refractivity contribution in [2.45, 2.75) is 244 Å². The van der Waals surface area contributed by atoms with E-state index in [1.807, 2.05) is 0 Å². The van der Waals surface area contributed by atoms with Crippen molar-refractivity contribution in [3.8, 4) is 0 Å². The SMILES string of the molecule is CCCCCCCCCC(=O)C(O)(CO)C(O)C(=O)CCCCCCC.CCCCCCCCCCCC(=O)C(O)(CO)C(O)C(=O)CCCCCCC. The molecule has 0 aromatic carbocycles. The molecule has 0 amide bonds. The van der Waals surface area contributed by atoms with Crippen LogP contribution in [0.1, 0.15) is 220 Å². The van der Waals surface area contributed by atoms with Gasteiger partial charge in [-0.3, -0.25) is 19.2 Å². The van der Waals surface area contributed by atoms with Crippen LogP contribution in [0.25, 0.3) is 0 Å². The molecule has 10 heteroatoms. The van der Waals surface area contributed by atoms with Crippen LogP contribution in [0.2, 0.25) is 0 Å². The van der Waals surface area contributed by atoms with Gasteiger partial charge in [-0.15, -0.1) is 0 Å². The topological polar surface area (TPSA) is 190 Å². The molecule has 0 saturated carbocycles. The number of aliphatic hydroxyl groups is 6. The van der Waals surface area contributed by atoms with Gasteiger partial charge in [0, 0.05) is 25.7 Å². The van der Waals surface area contributed by atoms with Crippen LogP contribution in [0, 0.1) is 0 Å². The number of hydrogen-bond donors (Lipinski definition) is 6. The zero-order valence-electron chi connectivity index (χ0n) is 35.1. The molecule has 0 saturated heterocycles. The summed E-state index contributed by atoms with van der Waals surface area (Å²) in [6.07, 6.45) is 23.4. The zero-order chi connectivity index (χ0) is 41.1. The highest BCUT2D eigenvalue weighted by Gasteiger charge is 2.46. The number of carbonyl (C=O) groups excluding carboxylic acids is 4. The fourth-order valence-electron chi connectivity index (χ4n) is 6.54. The fraction of sp³-hybridized carbons (Fsp3) is 0.909. The molecular formula is C44H84O10. The van der Waals surface area contributed by atoms with E-state index < -0.39 is 59.8 Å². The smallest absolute Gasteiger partial charge is 0.178 e. The summed E-state index contributed by atoms with van der Waals surface area (Å²) < 4.78 is 0. The van der Waals surface area contributed by atoms with Crippen LogP contribution in [0.3, 0.4) is 0 Å². The van der Waals surface area contributed by atoms with E-state index in [-0.39, 0.29) is 25.7 Å². The molecule has 0 aliphatic rings. The Morgan fingerprint density at radius 3 is 0.796 bits per heavy atom. The fourth-order valence-corrected chi connectivity index (χ4v) is 6.54. The van der Waals surface area contributed by atoms with Gasteiger partial charge in [-0.1, -0.05) is 169 Å². The first kappa shape index (κ1) is 54.5. The van der Waals surface area contributed by atoms with Crippen molar-refractivity contribution in [3.05, 3.63) is 0 Å². The molecule has 4 atom stereocenters. The summed E-state index contributed by atoms with van der Waals surface area (Å²) in [6.45, 7) is 6.72. The Morgan fingerprint density at radius 1 is 0.370 bits per heavy atom. The predicted octanol–water partition coefficient (Wildman–Crippen LogP) is 8.20. The molecule has 320 valence electrons. The standard InChI is InChI=1S/C23H44O5.C21H40O5/c1-3-5-7-9-10-11-12-14-16-18-21(26)23(28,19-24)22(27)20(25)17-15-13-8-6-4-2;1-3-5-7-9-10-12-14-16-19(24)21(26,17-22)20(25)18(23)15-13-11-8-6-4-2/h22,24,27-28H,3-19H2,1-2H3;20,22,25-26H,3-17H2,1-2H3. The third-order valence-corrected chi connectivity index (χ3v) is 10.5.